The van der Waals surface area contributed by atoms with Gasteiger partial charge in [-0.05, 0) is 36.8 Å². The number of amides is 1. The molecule has 0 aliphatic carbocycles. The van der Waals surface area contributed by atoms with Crippen LogP contribution >= 0.6 is 0 Å². The highest BCUT2D eigenvalue weighted by molar-refractivity contribution is 5.98. The second-order valence-corrected chi connectivity index (χ2v) is 5.46. The highest BCUT2D eigenvalue weighted by Crippen LogP contribution is 2.27. The summed E-state index contributed by atoms with van der Waals surface area (Å²) in [6, 6.07) is 7.76. The molecule has 18 heavy (non-hydrogen) atoms. The number of aryl methyl sites for hydroxylation is 1. The first kappa shape index (κ1) is 13.1. The Morgan fingerprint density at radius 2 is 2.11 bits per heavy atom. The van der Waals surface area contributed by atoms with Crippen molar-refractivity contribution in [3.05, 3.63) is 29.8 Å². The Morgan fingerprint density at radius 1 is 1.39 bits per heavy atom. The molecular weight excluding hydrogens is 224 g/mol. The molecule has 0 bridgehead atoms. The summed E-state index contributed by atoms with van der Waals surface area (Å²) in [5.41, 5.74) is 8.32. The number of hydrogen-bond donors (Lipinski definition) is 1. The number of carbonyl (C=O) groups is 1. The lowest BCUT2D eigenvalue weighted by molar-refractivity contribution is -0.120. The Bertz CT molecular complexity index is 428. The first-order chi connectivity index (χ1) is 8.59. The maximum absolute atomic E-state index is 12.4. The van der Waals surface area contributed by atoms with Gasteiger partial charge in [0.1, 0.15) is 0 Å². The lowest BCUT2D eigenvalue weighted by Gasteiger charge is -2.31. The highest BCUT2D eigenvalue weighted by atomic mass is 16.2. The molecule has 1 aliphatic rings. The van der Waals surface area contributed by atoms with E-state index in [-0.39, 0.29) is 11.9 Å². The number of para-hydroxylation sites is 1. The van der Waals surface area contributed by atoms with Gasteiger partial charge in [-0.2, -0.15) is 0 Å². The highest BCUT2D eigenvalue weighted by Gasteiger charge is 2.26. The van der Waals surface area contributed by atoms with E-state index < -0.39 is 0 Å². The van der Waals surface area contributed by atoms with Crippen LogP contribution in [0.15, 0.2) is 24.3 Å². The van der Waals surface area contributed by atoms with Crippen molar-refractivity contribution in [2.24, 2.45) is 11.7 Å². The molecule has 1 heterocycles. The van der Waals surface area contributed by atoms with Crippen LogP contribution in [-0.2, 0) is 11.2 Å². The lowest BCUT2D eigenvalue weighted by Crippen LogP contribution is -2.46. The second kappa shape index (κ2) is 5.53. The molecule has 0 unspecified atom stereocenters. The molecule has 1 aliphatic heterocycles. The van der Waals surface area contributed by atoms with Gasteiger partial charge in [-0.15, -0.1) is 0 Å². The van der Waals surface area contributed by atoms with Gasteiger partial charge < -0.3 is 10.6 Å². The molecule has 1 aromatic carbocycles. The molecule has 1 aromatic rings. The molecule has 0 radical (unpaired) electrons. The fraction of sp³-hybridized carbons (Fsp3) is 0.533. The number of rotatable bonds is 3. The minimum absolute atomic E-state index is 0.0656. The normalized spacial score (nSPS) is 16.6. The van der Waals surface area contributed by atoms with E-state index in [4.69, 9.17) is 5.73 Å². The Labute approximate surface area is 109 Å². The molecule has 2 N–H and O–H groups in total. The Kier molecular flexibility index (Phi) is 4.02. The van der Waals surface area contributed by atoms with Crippen molar-refractivity contribution in [2.75, 3.05) is 11.4 Å². The van der Waals surface area contributed by atoms with Crippen molar-refractivity contribution in [1.29, 1.82) is 0 Å². The van der Waals surface area contributed by atoms with Crippen molar-refractivity contribution >= 4 is 11.6 Å². The first-order valence-corrected chi connectivity index (χ1v) is 6.74. The van der Waals surface area contributed by atoms with Gasteiger partial charge in [-0.1, -0.05) is 32.0 Å². The van der Waals surface area contributed by atoms with Crippen LogP contribution < -0.4 is 10.6 Å². The third-order valence-electron chi connectivity index (χ3n) is 3.42. The van der Waals surface area contributed by atoms with Crippen LogP contribution in [0.25, 0.3) is 0 Å². The molecule has 0 saturated heterocycles. The van der Waals surface area contributed by atoms with Gasteiger partial charge in [0.25, 0.3) is 0 Å². The molecular formula is C15H22N2O. The van der Waals surface area contributed by atoms with E-state index in [0.29, 0.717) is 5.92 Å². The SMILES string of the molecule is CC(C)C[C@H](N)C(=O)N1CCCc2ccccc21. The average Bonchev–Trinajstić information content (AvgIpc) is 2.36. The molecule has 2 rings (SSSR count). The zero-order valence-electron chi connectivity index (χ0n) is 11.2. The van der Waals surface area contributed by atoms with Crippen LogP contribution in [0.4, 0.5) is 5.69 Å². The molecule has 3 nitrogen and oxygen atoms in total. The molecule has 1 amide bonds. The fourth-order valence-electron chi connectivity index (χ4n) is 2.57. The zero-order valence-corrected chi connectivity index (χ0v) is 11.2. The molecule has 0 saturated carbocycles. The van der Waals surface area contributed by atoms with E-state index in [0.717, 1.165) is 31.5 Å². The number of carbonyl (C=O) groups excluding carboxylic acids is 1. The third kappa shape index (κ3) is 2.72. The summed E-state index contributed by atoms with van der Waals surface area (Å²) in [6.07, 6.45) is 2.83. The van der Waals surface area contributed by atoms with Crippen molar-refractivity contribution in [1.82, 2.24) is 0 Å². The monoisotopic (exact) mass is 246 g/mol. The average molecular weight is 246 g/mol. The second-order valence-electron chi connectivity index (χ2n) is 5.46. The third-order valence-corrected chi connectivity index (χ3v) is 3.42. The van der Waals surface area contributed by atoms with Crippen LogP contribution in [0.1, 0.15) is 32.3 Å². The van der Waals surface area contributed by atoms with E-state index in [1.54, 1.807) is 0 Å². The van der Waals surface area contributed by atoms with E-state index in [1.165, 1.54) is 5.56 Å². The van der Waals surface area contributed by atoms with Gasteiger partial charge >= 0.3 is 0 Å². The van der Waals surface area contributed by atoms with Crippen LogP contribution in [0, 0.1) is 5.92 Å². The van der Waals surface area contributed by atoms with E-state index in [1.807, 2.05) is 23.1 Å². The molecule has 0 fully saturated rings. The quantitative estimate of drug-likeness (QED) is 0.889. The molecule has 3 heteroatoms. The van der Waals surface area contributed by atoms with E-state index in [9.17, 15) is 4.79 Å². The Morgan fingerprint density at radius 3 is 2.83 bits per heavy atom. The smallest absolute Gasteiger partial charge is 0.243 e. The number of fused-ring (bicyclic) bond motifs is 1. The standard InChI is InChI=1S/C15H22N2O/c1-11(2)10-13(16)15(18)17-9-5-7-12-6-3-4-8-14(12)17/h3-4,6,8,11,13H,5,7,9-10,16H2,1-2H3/t13-/m0/s1. The summed E-state index contributed by atoms with van der Waals surface area (Å²) in [4.78, 5) is 14.3. The van der Waals surface area contributed by atoms with Crippen molar-refractivity contribution in [2.45, 2.75) is 39.2 Å². The molecule has 1 atom stereocenters. The lowest BCUT2D eigenvalue weighted by atomic mass is 9.99. The summed E-state index contributed by atoms with van der Waals surface area (Å²) < 4.78 is 0. The van der Waals surface area contributed by atoms with Crippen molar-refractivity contribution < 1.29 is 4.79 Å². The molecule has 0 aromatic heterocycles. The largest absolute Gasteiger partial charge is 0.320 e. The van der Waals surface area contributed by atoms with Gasteiger partial charge in [0, 0.05) is 12.2 Å². The number of nitrogens with two attached hydrogens (primary N) is 1. The number of hydrogen-bond acceptors (Lipinski definition) is 2. The molecule has 98 valence electrons. The number of anilines is 1. The van der Waals surface area contributed by atoms with Gasteiger partial charge in [0.05, 0.1) is 6.04 Å². The summed E-state index contributed by atoms with van der Waals surface area (Å²) in [7, 11) is 0. The summed E-state index contributed by atoms with van der Waals surface area (Å²) in [5, 5.41) is 0. The summed E-state index contributed by atoms with van der Waals surface area (Å²) in [6.45, 7) is 4.98. The maximum atomic E-state index is 12.4. The van der Waals surface area contributed by atoms with Gasteiger partial charge in [0.15, 0.2) is 0 Å². The summed E-state index contributed by atoms with van der Waals surface area (Å²) in [5.74, 6) is 0.514. The zero-order chi connectivity index (χ0) is 13.1. The van der Waals surface area contributed by atoms with Crippen molar-refractivity contribution in [3.63, 3.8) is 0 Å². The number of benzene rings is 1. The summed E-state index contributed by atoms with van der Waals surface area (Å²) >= 11 is 0. The van der Waals surface area contributed by atoms with Gasteiger partial charge in [0.2, 0.25) is 5.91 Å². The minimum Gasteiger partial charge on any atom is -0.320 e. The van der Waals surface area contributed by atoms with Gasteiger partial charge in [-0.3, -0.25) is 4.79 Å². The van der Waals surface area contributed by atoms with Crippen LogP contribution in [0.2, 0.25) is 0 Å². The number of nitrogens with zero attached hydrogens (tertiary/aromatic N) is 1. The van der Waals surface area contributed by atoms with Crippen LogP contribution in [0.5, 0.6) is 0 Å². The van der Waals surface area contributed by atoms with E-state index >= 15 is 0 Å². The fourth-order valence-corrected chi connectivity index (χ4v) is 2.57. The Hall–Kier alpha value is -1.35. The Balaban J connectivity index is 2.17. The first-order valence-electron chi connectivity index (χ1n) is 6.74. The van der Waals surface area contributed by atoms with Crippen molar-refractivity contribution in [3.8, 4) is 0 Å². The predicted octanol–water partition coefficient (Wildman–Crippen LogP) is 2.34. The van der Waals surface area contributed by atoms with Crippen LogP contribution in [-0.4, -0.2) is 18.5 Å². The topological polar surface area (TPSA) is 46.3 Å². The maximum Gasteiger partial charge on any atom is 0.243 e. The minimum atomic E-state index is -0.379. The van der Waals surface area contributed by atoms with Crippen LogP contribution in [0.3, 0.4) is 0 Å². The predicted molar refractivity (Wildman–Crippen MR) is 74.5 cm³/mol. The molecule has 0 spiro atoms. The van der Waals surface area contributed by atoms with E-state index in [2.05, 4.69) is 19.9 Å². The van der Waals surface area contributed by atoms with Gasteiger partial charge in [-0.25, -0.2) is 0 Å².